The molecule has 0 saturated carbocycles. The Kier molecular flexibility index (Phi) is 7.71. The van der Waals surface area contributed by atoms with Crippen molar-refractivity contribution in [3.63, 3.8) is 0 Å². The normalized spacial score (nSPS) is 17.2. The first-order chi connectivity index (χ1) is 20.1. The summed E-state index contributed by atoms with van der Waals surface area (Å²) in [5.74, 6) is 2.44. The molecule has 0 spiro atoms. The van der Waals surface area contributed by atoms with E-state index in [9.17, 15) is 4.79 Å². The molecule has 1 atom stereocenters. The zero-order chi connectivity index (χ0) is 28.2. The number of nitrogens with zero attached hydrogens (tertiary/aromatic N) is 8. The Morgan fingerprint density at radius 1 is 1.12 bits per heavy atom. The Morgan fingerprint density at radius 2 is 1.93 bits per heavy atom. The smallest absolute Gasteiger partial charge is 0.337 e. The van der Waals surface area contributed by atoms with Crippen LogP contribution in [0.15, 0.2) is 48.8 Å². The Morgan fingerprint density at radius 3 is 2.63 bits per heavy atom. The van der Waals surface area contributed by atoms with Gasteiger partial charge in [0.05, 0.1) is 48.5 Å². The van der Waals surface area contributed by atoms with E-state index in [0.717, 1.165) is 61.9 Å². The second-order valence-electron chi connectivity index (χ2n) is 10.0. The molecule has 0 N–H and O–H groups in total. The Labute approximate surface area is 237 Å². The number of esters is 1. The summed E-state index contributed by atoms with van der Waals surface area (Å²) in [6.45, 7) is 5.69. The van der Waals surface area contributed by atoms with Crippen LogP contribution in [0.5, 0.6) is 5.88 Å². The van der Waals surface area contributed by atoms with E-state index in [-0.39, 0.29) is 18.7 Å². The third-order valence-corrected chi connectivity index (χ3v) is 7.38. The number of carbonyl (C=O) groups is 1. The molecular formula is C29H30N8O4. The first-order valence-electron chi connectivity index (χ1n) is 13.6. The molecule has 2 aliphatic rings. The van der Waals surface area contributed by atoms with E-state index in [1.165, 1.54) is 19.5 Å². The van der Waals surface area contributed by atoms with Crippen LogP contribution in [0.4, 0.5) is 5.82 Å². The van der Waals surface area contributed by atoms with Crippen LogP contribution in [-0.4, -0.2) is 81.4 Å². The fraction of sp³-hybridized carbons (Fsp3) is 0.379. The molecule has 41 heavy (non-hydrogen) atoms. The number of ether oxygens (including phenoxy) is 3. The number of hydrogen-bond donors (Lipinski definition) is 0. The molecule has 5 heterocycles. The number of methoxy groups -OCH3 is 1. The molecule has 2 aliphatic heterocycles. The molecule has 0 amide bonds. The first kappa shape index (κ1) is 26.6. The van der Waals surface area contributed by atoms with Gasteiger partial charge in [0.25, 0.3) is 0 Å². The summed E-state index contributed by atoms with van der Waals surface area (Å²) in [5.41, 5.74) is 2.70. The minimum atomic E-state index is -0.358. The molecule has 2 fully saturated rings. The van der Waals surface area contributed by atoms with Gasteiger partial charge in [-0.05, 0) is 30.7 Å². The summed E-state index contributed by atoms with van der Waals surface area (Å²) < 4.78 is 18.7. The number of piperazine rings is 1. The van der Waals surface area contributed by atoms with Crippen molar-refractivity contribution in [2.45, 2.75) is 32.2 Å². The van der Waals surface area contributed by atoms with Crippen LogP contribution in [0.2, 0.25) is 0 Å². The molecule has 1 aromatic carbocycles. The average Bonchev–Trinajstić information content (AvgIpc) is 3.34. The van der Waals surface area contributed by atoms with Crippen molar-refractivity contribution in [2.24, 2.45) is 0 Å². The molecule has 1 unspecified atom stereocenters. The van der Waals surface area contributed by atoms with Crippen LogP contribution >= 0.6 is 0 Å². The van der Waals surface area contributed by atoms with E-state index in [0.29, 0.717) is 35.9 Å². The lowest BCUT2D eigenvalue weighted by atomic mass is 10.1. The molecular weight excluding hydrogens is 524 g/mol. The number of benzene rings is 1. The predicted molar refractivity (Wildman–Crippen MR) is 148 cm³/mol. The second-order valence-corrected chi connectivity index (χ2v) is 10.0. The summed E-state index contributed by atoms with van der Waals surface area (Å²) in [4.78, 5) is 34.7. The van der Waals surface area contributed by atoms with Crippen molar-refractivity contribution in [2.75, 3.05) is 44.8 Å². The Balaban J connectivity index is 1.10. The van der Waals surface area contributed by atoms with Crippen LogP contribution in [0.1, 0.15) is 34.0 Å². The van der Waals surface area contributed by atoms with E-state index in [2.05, 4.69) is 29.3 Å². The van der Waals surface area contributed by atoms with Crippen molar-refractivity contribution in [3.05, 3.63) is 71.6 Å². The number of imidazole rings is 1. The van der Waals surface area contributed by atoms with E-state index < -0.39 is 0 Å². The number of anilines is 1. The molecule has 12 nitrogen and oxygen atoms in total. The minimum Gasteiger partial charge on any atom is -0.469 e. The van der Waals surface area contributed by atoms with E-state index in [1.807, 2.05) is 36.4 Å². The summed E-state index contributed by atoms with van der Waals surface area (Å²) >= 11 is 0. The number of hydrogen-bond acceptors (Lipinski definition) is 11. The zero-order valence-electron chi connectivity index (χ0n) is 22.8. The van der Waals surface area contributed by atoms with E-state index in [4.69, 9.17) is 24.5 Å². The Hall–Kier alpha value is -4.60. The average molecular weight is 555 g/mol. The maximum atomic E-state index is 12.2. The summed E-state index contributed by atoms with van der Waals surface area (Å²) in [5, 5.41) is 8.90. The van der Waals surface area contributed by atoms with Gasteiger partial charge in [0.15, 0.2) is 5.82 Å². The van der Waals surface area contributed by atoms with Crippen LogP contribution < -0.4 is 9.64 Å². The minimum absolute atomic E-state index is 0.161. The van der Waals surface area contributed by atoms with Crippen LogP contribution in [-0.2, 0) is 29.2 Å². The molecule has 0 radical (unpaired) electrons. The van der Waals surface area contributed by atoms with Gasteiger partial charge in [0, 0.05) is 51.2 Å². The Bertz CT molecular complexity index is 1570. The van der Waals surface area contributed by atoms with Crippen molar-refractivity contribution < 1.29 is 19.0 Å². The molecule has 3 aromatic heterocycles. The van der Waals surface area contributed by atoms with Gasteiger partial charge in [-0.15, -0.1) is 0 Å². The maximum Gasteiger partial charge on any atom is 0.337 e. The van der Waals surface area contributed by atoms with Crippen molar-refractivity contribution in [3.8, 4) is 11.9 Å². The third-order valence-electron chi connectivity index (χ3n) is 7.38. The second kappa shape index (κ2) is 11.9. The van der Waals surface area contributed by atoms with E-state index >= 15 is 0 Å². The molecule has 4 aromatic rings. The standard InChI is InChI=1S/C29H30N8O4/c1-39-29(38)21-5-6-23-24(13-21)37(17-22-7-12-40-22)27(33-23)18-35-8-10-36(11-9-35)26-3-2-4-28(34-26)41-19-25-31-15-20(14-30)16-32-25/h2-6,13,15-16,22H,7-12,17-19H2,1H3. The van der Waals surface area contributed by atoms with Crippen molar-refractivity contribution >= 4 is 22.8 Å². The van der Waals surface area contributed by atoms with Gasteiger partial charge in [-0.2, -0.15) is 10.2 Å². The van der Waals surface area contributed by atoms with Gasteiger partial charge in [0.1, 0.15) is 24.3 Å². The summed E-state index contributed by atoms with van der Waals surface area (Å²) in [6.07, 6.45) is 4.13. The van der Waals surface area contributed by atoms with Gasteiger partial charge in [-0.3, -0.25) is 4.90 Å². The number of nitriles is 1. The van der Waals surface area contributed by atoms with Crippen molar-refractivity contribution in [1.29, 1.82) is 5.26 Å². The van der Waals surface area contributed by atoms with Gasteiger partial charge in [0.2, 0.25) is 5.88 Å². The van der Waals surface area contributed by atoms with Crippen molar-refractivity contribution in [1.82, 2.24) is 29.4 Å². The molecule has 6 rings (SSSR count). The quantitative estimate of drug-likeness (QED) is 0.283. The lowest BCUT2D eigenvalue weighted by Crippen LogP contribution is -2.46. The highest BCUT2D eigenvalue weighted by atomic mass is 16.5. The molecule has 12 heteroatoms. The molecule has 2 saturated heterocycles. The monoisotopic (exact) mass is 554 g/mol. The van der Waals surface area contributed by atoms with Gasteiger partial charge >= 0.3 is 5.97 Å². The fourth-order valence-corrected chi connectivity index (χ4v) is 5.00. The lowest BCUT2D eigenvalue weighted by molar-refractivity contribution is -0.0592. The number of aromatic nitrogens is 5. The van der Waals surface area contributed by atoms with Crippen LogP contribution in [0.25, 0.3) is 11.0 Å². The topological polar surface area (TPSA) is 132 Å². The lowest BCUT2D eigenvalue weighted by Gasteiger charge is -2.35. The molecule has 210 valence electrons. The largest absolute Gasteiger partial charge is 0.469 e. The van der Waals surface area contributed by atoms with Gasteiger partial charge in [-0.1, -0.05) is 6.07 Å². The molecule has 0 aliphatic carbocycles. The fourth-order valence-electron chi connectivity index (χ4n) is 5.00. The third kappa shape index (κ3) is 5.96. The number of carbonyl (C=O) groups excluding carboxylic acids is 1. The SMILES string of the molecule is COC(=O)c1ccc2nc(CN3CCN(c4cccc(OCc5ncc(C#N)cn5)n4)CC3)n(CC3CCO3)c2c1. The predicted octanol–water partition coefficient (Wildman–Crippen LogP) is 2.57. The first-order valence-corrected chi connectivity index (χ1v) is 13.6. The number of fused-ring (bicyclic) bond motifs is 1. The van der Waals surface area contributed by atoms with Crippen LogP contribution in [0, 0.1) is 11.3 Å². The maximum absolute atomic E-state index is 12.2. The van der Waals surface area contributed by atoms with E-state index in [1.54, 1.807) is 6.07 Å². The number of pyridine rings is 1. The summed E-state index contributed by atoms with van der Waals surface area (Å²) in [7, 11) is 1.39. The zero-order valence-corrected chi connectivity index (χ0v) is 22.8. The van der Waals surface area contributed by atoms with Gasteiger partial charge < -0.3 is 23.7 Å². The highest BCUT2D eigenvalue weighted by molar-refractivity contribution is 5.93. The summed E-state index contributed by atoms with van der Waals surface area (Å²) in [6, 6.07) is 13.2. The highest BCUT2D eigenvalue weighted by Gasteiger charge is 2.25. The van der Waals surface area contributed by atoms with Crippen LogP contribution in [0.3, 0.4) is 0 Å². The van der Waals surface area contributed by atoms with Gasteiger partial charge in [-0.25, -0.2) is 19.7 Å². The number of rotatable bonds is 9. The molecule has 0 bridgehead atoms. The highest BCUT2D eigenvalue weighted by Crippen LogP contribution is 2.24.